The van der Waals surface area contributed by atoms with Crippen molar-refractivity contribution in [2.24, 2.45) is 5.73 Å². The number of halogens is 2. The lowest BCUT2D eigenvalue weighted by Crippen LogP contribution is -2.04. The Bertz CT molecular complexity index is 502. The maximum absolute atomic E-state index is 13.7. The third-order valence-corrected chi connectivity index (χ3v) is 2.79. The largest absolute Gasteiger partial charge is 0.326 e. The Morgan fingerprint density at radius 1 is 1.50 bits per heavy atom. The number of nitrogens with two attached hydrogens (primary N) is 1. The molecule has 1 heterocycles. The van der Waals surface area contributed by atoms with Gasteiger partial charge in [0.05, 0.1) is 11.2 Å². The van der Waals surface area contributed by atoms with Crippen molar-refractivity contribution in [3.8, 4) is 5.69 Å². The van der Waals surface area contributed by atoms with E-state index >= 15 is 0 Å². The topological polar surface area (TPSA) is 43.8 Å². The molecule has 0 saturated carbocycles. The monoisotopic (exact) mass is 239 g/mol. The third kappa shape index (κ3) is 1.70. The van der Waals surface area contributed by atoms with E-state index in [1.807, 2.05) is 6.92 Å². The molecule has 16 heavy (non-hydrogen) atoms. The van der Waals surface area contributed by atoms with Crippen LogP contribution >= 0.6 is 11.6 Å². The second-order valence-corrected chi connectivity index (χ2v) is 3.85. The van der Waals surface area contributed by atoms with Crippen LogP contribution in [0.25, 0.3) is 5.69 Å². The molecule has 84 valence electrons. The minimum absolute atomic E-state index is 0.265. The Balaban J connectivity index is 2.63. The summed E-state index contributed by atoms with van der Waals surface area (Å²) in [6, 6.07) is 4.54. The summed E-state index contributed by atoms with van der Waals surface area (Å²) in [5.74, 6) is -0.401. The van der Waals surface area contributed by atoms with E-state index in [1.165, 1.54) is 10.7 Å². The zero-order valence-corrected chi connectivity index (χ0v) is 9.50. The van der Waals surface area contributed by atoms with Gasteiger partial charge in [0.25, 0.3) is 0 Å². The molecule has 1 aromatic heterocycles. The molecule has 0 bridgehead atoms. The second-order valence-electron chi connectivity index (χ2n) is 3.44. The highest BCUT2D eigenvalue weighted by Crippen LogP contribution is 2.24. The molecule has 0 aliphatic rings. The summed E-state index contributed by atoms with van der Waals surface area (Å²) < 4.78 is 15.1. The summed E-state index contributed by atoms with van der Waals surface area (Å²) in [5.41, 5.74) is 7.48. The molecule has 0 aliphatic carbocycles. The number of benzene rings is 1. The molecule has 0 atom stereocenters. The molecule has 1 aromatic carbocycles. The van der Waals surface area contributed by atoms with Crippen LogP contribution in [0.1, 0.15) is 11.3 Å². The molecule has 0 radical (unpaired) electrons. The molecule has 2 rings (SSSR count). The van der Waals surface area contributed by atoms with Crippen LogP contribution in [0, 0.1) is 12.7 Å². The van der Waals surface area contributed by atoms with Gasteiger partial charge in [-0.25, -0.2) is 9.07 Å². The first-order chi connectivity index (χ1) is 7.65. The minimum Gasteiger partial charge on any atom is -0.326 e. The van der Waals surface area contributed by atoms with Crippen LogP contribution in [0.2, 0.25) is 5.02 Å². The lowest BCUT2D eigenvalue weighted by atomic mass is 10.2. The van der Waals surface area contributed by atoms with Crippen LogP contribution in [-0.4, -0.2) is 9.78 Å². The van der Waals surface area contributed by atoms with Crippen LogP contribution in [0.15, 0.2) is 24.4 Å². The average molecular weight is 240 g/mol. The van der Waals surface area contributed by atoms with Crippen molar-refractivity contribution in [3.05, 3.63) is 46.5 Å². The summed E-state index contributed by atoms with van der Waals surface area (Å²) in [5, 5.41) is 4.42. The van der Waals surface area contributed by atoms with E-state index in [-0.39, 0.29) is 5.69 Å². The van der Waals surface area contributed by atoms with Gasteiger partial charge in [-0.15, -0.1) is 0 Å². The highest BCUT2D eigenvalue weighted by atomic mass is 35.5. The molecule has 2 aromatic rings. The van der Waals surface area contributed by atoms with Crippen molar-refractivity contribution in [2.45, 2.75) is 13.5 Å². The molecular formula is C11H11ClFN3. The van der Waals surface area contributed by atoms with Crippen LogP contribution in [-0.2, 0) is 6.54 Å². The zero-order chi connectivity index (χ0) is 11.7. The first kappa shape index (κ1) is 11.1. The Morgan fingerprint density at radius 3 is 2.81 bits per heavy atom. The molecule has 0 saturated heterocycles. The molecule has 0 spiro atoms. The number of aromatic nitrogens is 2. The molecule has 2 N–H and O–H groups in total. The fraction of sp³-hybridized carbons (Fsp3) is 0.182. The normalized spacial score (nSPS) is 10.8. The van der Waals surface area contributed by atoms with E-state index in [1.54, 1.807) is 18.3 Å². The quantitative estimate of drug-likeness (QED) is 0.875. The van der Waals surface area contributed by atoms with E-state index in [9.17, 15) is 4.39 Å². The Labute approximate surface area is 97.6 Å². The average Bonchev–Trinajstić information content (AvgIpc) is 2.60. The van der Waals surface area contributed by atoms with Gasteiger partial charge in [-0.1, -0.05) is 17.7 Å². The lowest BCUT2D eigenvalue weighted by Gasteiger charge is -2.08. The zero-order valence-electron chi connectivity index (χ0n) is 8.74. The van der Waals surface area contributed by atoms with E-state index < -0.39 is 5.82 Å². The van der Waals surface area contributed by atoms with Crippen molar-refractivity contribution >= 4 is 11.6 Å². The minimum atomic E-state index is -0.401. The number of hydrogen-bond donors (Lipinski definition) is 1. The Morgan fingerprint density at radius 2 is 2.25 bits per heavy atom. The van der Waals surface area contributed by atoms with Crippen molar-refractivity contribution in [1.29, 1.82) is 0 Å². The van der Waals surface area contributed by atoms with E-state index in [0.717, 1.165) is 11.3 Å². The van der Waals surface area contributed by atoms with E-state index in [2.05, 4.69) is 5.10 Å². The van der Waals surface area contributed by atoms with Gasteiger partial charge in [-0.05, 0) is 19.1 Å². The summed E-state index contributed by atoms with van der Waals surface area (Å²) in [6.07, 6.45) is 1.62. The van der Waals surface area contributed by atoms with Crippen LogP contribution < -0.4 is 5.73 Å². The molecular weight excluding hydrogens is 229 g/mol. The standard InChI is InChI=1S/C11H11ClFN3/c1-7-8(5-14)6-15-16(7)11-9(12)3-2-4-10(11)13/h2-4,6H,5,14H2,1H3. The molecule has 3 nitrogen and oxygen atoms in total. The van der Waals surface area contributed by atoms with Crippen LogP contribution in [0.5, 0.6) is 0 Å². The molecule has 0 amide bonds. The van der Waals surface area contributed by atoms with Crippen molar-refractivity contribution in [1.82, 2.24) is 9.78 Å². The summed E-state index contributed by atoms with van der Waals surface area (Å²) >= 11 is 5.96. The highest BCUT2D eigenvalue weighted by molar-refractivity contribution is 6.32. The van der Waals surface area contributed by atoms with Gasteiger partial charge in [0.15, 0.2) is 0 Å². The first-order valence-corrected chi connectivity index (χ1v) is 5.21. The van der Waals surface area contributed by atoms with E-state index in [0.29, 0.717) is 11.6 Å². The summed E-state index contributed by atoms with van der Waals surface area (Å²) in [6.45, 7) is 2.20. The number of nitrogens with zero attached hydrogens (tertiary/aromatic N) is 2. The summed E-state index contributed by atoms with van der Waals surface area (Å²) in [4.78, 5) is 0. The second kappa shape index (κ2) is 4.23. The molecule has 0 aliphatic heterocycles. The lowest BCUT2D eigenvalue weighted by molar-refractivity contribution is 0.608. The Hall–Kier alpha value is -1.39. The van der Waals surface area contributed by atoms with Gasteiger partial charge < -0.3 is 5.73 Å². The van der Waals surface area contributed by atoms with Gasteiger partial charge in [-0.3, -0.25) is 0 Å². The molecule has 5 heteroatoms. The number of rotatable bonds is 2. The van der Waals surface area contributed by atoms with Gasteiger partial charge in [0.1, 0.15) is 11.5 Å². The van der Waals surface area contributed by atoms with Gasteiger partial charge in [0, 0.05) is 17.8 Å². The predicted octanol–water partition coefficient (Wildman–Crippen LogP) is 2.43. The first-order valence-electron chi connectivity index (χ1n) is 4.83. The van der Waals surface area contributed by atoms with Crippen molar-refractivity contribution < 1.29 is 4.39 Å². The van der Waals surface area contributed by atoms with Crippen LogP contribution in [0.4, 0.5) is 4.39 Å². The van der Waals surface area contributed by atoms with Gasteiger partial charge >= 0.3 is 0 Å². The van der Waals surface area contributed by atoms with Crippen LogP contribution in [0.3, 0.4) is 0 Å². The van der Waals surface area contributed by atoms with Crippen molar-refractivity contribution in [2.75, 3.05) is 0 Å². The maximum atomic E-state index is 13.7. The highest BCUT2D eigenvalue weighted by Gasteiger charge is 2.13. The Kier molecular flexibility index (Phi) is 2.94. The van der Waals surface area contributed by atoms with Gasteiger partial charge in [0.2, 0.25) is 0 Å². The van der Waals surface area contributed by atoms with Gasteiger partial charge in [-0.2, -0.15) is 5.10 Å². The number of para-hydroxylation sites is 1. The smallest absolute Gasteiger partial charge is 0.150 e. The third-order valence-electron chi connectivity index (χ3n) is 2.48. The maximum Gasteiger partial charge on any atom is 0.150 e. The SMILES string of the molecule is Cc1c(CN)cnn1-c1c(F)cccc1Cl. The van der Waals surface area contributed by atoms with E-state index in [4.69, 9.17) is 17.3 Å². The predicted molar refractivity (Wildman–Crippen MR) is 61.2 cm³/mol. The molecule has 0 fully saturated rings. The fourth-order valence-electron chi connectivity index (χ4n) is 1.56. The molecule has 0 unspecified atom stereocenters. The fourth-order valence-corrected chi connectivity index (χ4v) is 1.80. The van der Waals surface area contributed by atoms with Crippen molar-refractivity contribution in [3.63, 3.8) is 0 Å². The summed E-state index contributed by atoms with van der Waals surface area (Å²) in [7, 11) is 0. The number of hydrogen-bond acceptors (Lipinski definition) is 2.